The summed E-state index contributed by atoms with van der Waals surface area (Å²) in [5.74, 6) is -0.466. The van der Waals surface area contributed by atoms with E-state index in [2.05, 4.69) is 9.82 Å². The van der Waals surface area contributed by atoms with Crippen LogP contribution in [0, 0.1) is 0 Å². The number of primary amides is 1. The summed E-state index contributed by atoms with van der Waals surface area (Å²) in [6.07, 6.45) is 0. The maximum Gasteiger partial charge on any atom is 0.272 e. The number of thiophene rings is 1. The highest BCUT2D eigenvalue weighted by molar-refractivity contribution is 7.94. The van der Waals surface area contributed by atoms with Crippen LogP contribution in [-0.4, -0.2) is 47.2 Å². The van der Waals surface area contributed by atoms with Crippen LogP contribution in [0.15, 0.2) is 58.8 Å². The van der Waals surface area contributed by atoms with Gasteiger partial charge in [-0.25, -0.2) is 8.42 Å². The molecule has 0 saturated heterocycles. The van der Waals surface area contributed by atoms with Gasteiger partial charge >= 0.3 is 0 Å². The summed E-state index contributed by atoms with van der Waals surface area (Å²) < 4.78 is 30.2. The molecule has 0 saturated carbocycles. The van der Waals surface area contributed by atoms with Gasteiger partial charge in [-0.05, 0) is 49.4 Å². The minimum atomic E-state index is -3.94. The summed E-state index contributed by atoms with van der Waals surface area (Å²) >= 11 is 6.83. The number of benzene rings is 2. The molecule has 1 atom stereocenters. The lowest BCUT2D eigenvalue weighted by Gasteiger charge is -2.22. The molecule has 0 spiro atoms. The SMILES string of the molecule is C[C@H](C(N)=O)N(C)Cc1cccc(Cn2nc(NS(=O)(=O)c3ccc(Cl)s3)c3c(O)cccc32)c1. The molecule has 12 heteroatoms. The van der Waals surface area contributed by atoms with Crippen LogP contribution in [0.4, 0.5) is 5.82 Å². The van der Waals surface area contributed by atoms with Crippen molar-refractivity contribution >= 4 is 55.6 Å². The number of phenols is 1. The van der Waals surface area contributed by atoms with Gasteiger partial charge in [-0.15, -0.1) is 11.3 Å². The number of rotatable bonds is 9. The lowest BCUT2D eigenvalue weighted by Crippen LogP contribution is -2.39. The quantitative estimate of drug-likeness (QED) is 0.301. The molecular weight excluding hydrogens is 510 g/mol. The molecule has 0 radical (unpaired) electrons. The van der Waals surface area contributed by atoms with E-state index in [0.29, 0.717) is 28.3 Å². The Labute approximate surface area is 211 Å². The van der Waals surface area contributed by atoms with Gasteiger partial charge in [-0.2, -0.15) is 5.10 Å². The molecule has 1 amide bonds. The number of amides is 1. The molecule has 2 heterocycles. The standard InChI is InChI=1S/C23H24ClN5O4S2/c1-14(22(25)31)28(2)12-15-5-3-6-16(11-15)13-29-17-7-4-8-18(30)21(17)23(26-29)27-35(32,33)20-10-9-19(24)34-20/h3-11,14,30H,12-13H2,1-2H3,(H2,25,31)(H,26,27)/t14-/m1/s1. The molecule has 0 bridgehead atoms. The first kappa shape index (κ1) is 25.0. The summed E-state index contributed by atoms with van der Waals surface area (Å²) in [6, 6.07) is 15.2. The minimum Gasteiger partial charge on any atom is -0.507 e. The maximum absolute atomic E-state index is 12.9. The highest BCUT2D eigenvalue weighted by atomic mass is 35.5. The highest BCUT2D eigenvalue weighted by Crippen LogP contribution is 2.34. The Bertz CT molecular complexity index is 1500. The predicted octanol–water partition coefficient (Wildman–Crippen LogP) is 3.61. The number of carbonyl (C=O) groups excluding carboxylic acids is 1. The van der Waals surface area contributed by atoms with Crippen LogP contribution in [0.25, 0.3) is 10.9 Å². The van der Waals surface area contributed by atoms with Crippen molar-refractivity contribution in [1.82, 2.24) is 14.7 Å². The molecule has 2 aromatic heterocycles. The minimum absolute atomic E-state index is 0.0220. The zero-order chi connectivity index (χ0) is 25.3. The smallest absolute Gasteiger partial charge is 0.272 e. The molecule has 9 nitrogen and oxygen atoms in total. The first-order chi connectivity index (χ1) is 16.5. The van der Waals surface area contributed by atoms with Gasteiger partial charge in [-0.1, -0.05) is 41.9 Å². The van der Waals surface area contributed by atoms with E-state index in [4.69, 9.17) is 17.3 Å². The number of hydrogen-bond acceptors (Lipinski definition) is 7. The van der Waals surface area contributed by atoms with Gasteiger partial charge in [0.25, 0.3) is 10.0 Å². The topological polar surface area (TPSA) is 131 Å². The Morgan fingerprint density at radius 2 is 1.94 bits per heavy atom. The molecule has 35 heavy (non-hydrogen) atoms. The number of sulfonamides is 1. The van der Waals surface area contributed by atoms with E-state index in [1.807, 2.05) is 36.2 Å². The number of likely N-dealkylation sites (N-methyl/N-ethyl adjacent to an activating group) is 1. The molecule has 4 aromatic rings. The Balaban J connectivity index is 1.65. The number of anilines is 1. The number of carbonyl (C=O) groups is 1. The number of phenolic OH excluding ortho intramolecular Hbond substituents is 1. The number of nitrogens with two attached hydrogens (primary N) is 1. The second-order valence-electron chi connectivity index (χ2n) is 8.15. The van der Waals surface area contributed by atoms with Crippen LogP contribution in [0.1, 0.15) is 18.1 Å². The molecule has 2 aromatic carbocycles. The summed E-state index contributed by atoms with van der Waals surface area (Å²) in [7, 11) is -2.12. The van der Waals surface area contributed by atoms with E-state index >= 15 is 0 Å². The van der Waals surface area contributed by atoms with Crippen molar-refractivity contribution in [1.29, 1.82) is 0 Å². The van der Waals surface area contributed by atoms with E-state index in [1.165, 1.54) is 18.2 Å². The summed E-state index contributed by atoms with van der Waals surface area (Å²) in [4.78, 5) is 13.3. The second kappa shape index (κ2) is 9.86. The Morgan fingerprint density at radius 3 is 2.63 bits per heavy atom. The van der Waals surface area contributed by atoms with Gasteiger partial charge in [0, 0.05) is 6.54 Å². The van der Waals surface area contributed by atoms with Gasteiger partial charge in [0.15, 0.2) is 5.82 Å². The van der Waals surface area contributed by atoms with Crippen LogP contribution in [0.3, 0.4) is 0 Å². The third kappa shape index (κ3) is 5.43. The third-order valence-corrected chi connectivity index (χ3v) is 8.69. The van der Waals surface area contributed by atoms with Gasteiger partial charge in [0.1, 0.15) is 9.96 Å². The van der Waals surface area contributed by atoms with Crippen LogP contribution in [0.2, 0.25) is 4.34 Å². The van der Waals surface area contributed by atoms with E-state index in [1.54, 1.807) is 23.7 Å². The Morgan fingerprint density at radius 1 is 1.23 bits per heavy atom. The van der Waals surface area contributed by atoms with E-state index in [-0.39, 0.29) is 15.8 Å². The fourth-order valence-electron chi connectivity index (χ4n) is 3.66. The molecule has 0 fully saturated rings. The summed E-state index contributed by atoms with van der Waals surface area (Å²) in [5, 5.41) is 15.3. The number of nitrogens with zero attached hydrogens (tertiary/aromatic N) is 3. The van der Waals surface area contributed by atoms with Crippen LogP contribution in [0.5, 0.6) is 5.75 Å². The molecule has 0 aliphatic heterocycles. The van der Waals surface area contributed by atoms with Crippen molar-refractivity contribution in [2.45, 2.75) is 30.3 Å². The zero-order valence-corrected chi connectivity index (χ0v) is 21.4. The largest absolute Gasteiger partial charge is 0.507 e. The summed E-state index contributed by atoms with van der Waals surface area (Å²) in [5.41, 5.74) is 7.86. The number of halogens is 1. The maximum atomic E-state index is 12.9. The van der Waals surface area contributed by atoms with Gasteiger partial charge in [0.05, 0.1) is 27.8 Å². The predicted molar refractivity (Wildman–Crippen MR) is 137 cm³/mol. The molecule has 4 rings (SSSR count). The third-order valence-electron chi connectivity index (χ3n) is 5.63. The Hall–Kier alpha value is -3.12. The molecule has 184 valence electrons. The number of nitrogens with one attached hydrogen (secondary N) is 1. The zero-order valence-electron chi connectivity index (χ0n) is 19.0. The number of aromatic nitrogens is 2. The van der Waals surface area contributed by atoms with Gasteiger partial charge in [-0.3, -0.25) is 19.1 Å². The monoisotopic (exact) mass is 533 g/mol. The molecular formula is C23H24ClN5O4S2. The number of hydrogen-bond donors (Lipinski definition) is 3. The summed E-state index contributed by atoms with van der Waals surface area (Å²) in [6.45, 7) is 2.60. The van der Waals surface area contributed by atoms with Crippen molar-refractivity contribution in [3.63, 3.8) is 0 Å². The van der Waals surface area contributed by atoms with Gasteiger partial charge in [0.2, 0.25) is 5.91 Å². The van der Waals surface area contributed by atoms with Crippen LogP contribution >= 0.6 is 22.9 Å². The van der Waals surface area contributed by atoms with E-state index in [0.717, 1.165) is 22.5 Å². The molecule has 0 aliphatic rings. The normalized spacial score (nSPS) is 12.8. The Kier molecular flexibility index (Phi) is 7.04. The molecule has 4 N–H and O–H groups in total. The van der Waals surface area contributed by atoms with Crippen molar-refractivity contribution in [3.8, 4) is 5.75 Å². The van der Waals surface area contributed by atoms with Crippen LogP contribution in [-0.2, 0) is 27.9 Å². The second-order valence-corrected chi connectivity index (χ2v) is 11.8. The van der Waals surface area contributed by atoms with E-state index in [9.17, 15) is 18.3 Å². The highest BCUT2D eigenvalue weighted by Gasteiger charge is 2.22. The molecule has 0 unspecified atom stereocenters. The average molecular weight is 534 g/mol. The lowest BCUT2D eigenvalue weighted by molar-refractivity contribution is -0.122. The fraction of sp³-hybridized carbons (Fsp3) is 0.217. The lowest BCUT2D eigenvalue weighted by atomic mass is 10.1. The van der Waals surface area contributed by atoms with E-state index < -0.39 is 22.0 Å². The van der Waals surface area contributed by atoms with Crippen molar-refractivity contribution in [2.24, 2.45) is 5.73 Å². The van der Waals surface area contributed by atoms with Crippen molar-refractivity contribution < 1.29 is 18.3 Å². The van der Waals surface area contributed by atoms with Crippen molar-refractivity contribution in [2.75, 3.05) is 11.8 Å². The van der Waals surface area contributed by atoms with Crippen molar-refractivity contribution in [3.05, 3.63) is 70.1 Å². The van der Waals surface area contributed by atoms with Crippen LogP contribution < -0.4 is 10.5 Å². The first-order valence-electron chi connectivity index (χ1n) is 10.6. The average Bonchev–Trinajstić information content (AvgIpc) is 3.38. The first-order valence-corrected chi connectivity index (χ1v) is 13.3. The number of fused-ring (bicyclic) bond motifs is 1. The number of aromatic hydroxyl groups is 1. The fourth-order valence-corrected chi connectivity index (χ4v) is 6.16. The molecule has 0 aliphatic carbocycles. The van der Waals surface area contributed by atoms with Gasteiger partial charge < -0.3 is 10.8 Å².